The number of allylic oxidation sites excluding steroid dienone is 5. The maximum Gasteiger partial charge on any atom is 0.334 e. The number of hydrogen-bond acceptors (Lipinski definition) is 9. The second-order valence-electron chi connectivity index (χ2n) is 11.9. The monoisotopic (exact) mass is 631 g/mol. The highest BCUT2D eigenvalue weighted by Gasteiger charge is 2.36. The van der Waals surface area contributed by atoms with E-state index < -0.39 is 48.5 Å². The van der Waals surface area contributed by atoms with Gasteiger partial charge in [0.05, 0.1) is 35.1 Å². The van der Waals surface area contributed by atoms with Crippen LogP contribution in [0.15, 0.2) is 58.6 Å². The Morgan fingerprint density at radius 1 is 1.16 bits per heavy atom. The van der Waals surface area contributed by atoms with Crippen LogP contribution in [0.4, 0.5) is 0 Å². The molecule has 1 aromatic heterocycles. The fraction of sp³-hybridized carbons (Fsp3) is 0.600. The van der Waals surface area contributed by atoms with Crippen molar-refractivity contribution in [2.24, 2.45) is 5.92 Å². The smallest absolute Gasteiger partial charge is 0.334 e. The summed E-state index contributed by atoms with van der Waals surface area (Å²) < 4.78 is 5.90. The highest BCUT2D eigenvalue weighted by molar-refractivity contribution is 7.09. The summed E-state index contributed by atoms with van der Waals surface area (Å²) >= 11 is 1.38. The van der Waals surface area contributed by atoms with E-state index in [4.69, 9.17) is 4.74 Å². The molecule has 2 heterocycles. The molecule has 0 fully saturated rings. The van der Waals surface area contributed by atoms with Crippen LogP contribution in [0.25, 0.3) is 6.08 Å². The lowest BCUT2D eigenvalue weighted by Gasteiger charge is -2.32. The molecule has 9 heteroatoms. The number of rotatable bonds is 11. The van der Waals surface area contributed by atoms with E-state index in [0.717, 1.165) is 31.3 Å². The van der Waals surface area contributed by atoms with Gasteiger partial charge in [0, 0.05) is 35.6 Å². The molecule has 8 atom stereocenters. The van der Waals surface area contributed by atoms with E-state index in [1.165, 1.54) is 11.3 Å². The molecule has 0 amide bonds. The van der Waals surface area contributed by atoms with Crippen LogP contribution in [0.2, 0.25) is 0 Å². The third-order valence-corrected chi connectivity index (χ3v) is 9.29. The maximum absolute atomic E-state index is 13.6. The van der Waals surface area contributed by atoms with Crippen LogP contribution in [0, 0.1) is 5.92 Å². The minimum atomic E-state index is -1.48. The molecule has 0 aliphatic carbocycles. The Labute approximate surface area is 267 Å². The predicted octanol–water partition coefficient (Wildman–Crippen LogP) is 5.77. The van der Waals surface area contributed by atoms with Gasteiger partial charge in [0.2, 0.25) is 0 Å². The van der Waals surface area contributed by atoms with Crippen molar-refractivity contribution in [3.63, 3.8) is 0 Å². The van der Waals surface area contributed by atoms with Gasteiger partial charge in [-0.05, 0) is 45.3 Å². The molecule has 5 N–H and O–H groups in total. The zero-order valence-electron chi connectivity index (χ0n) is 27.1. The quantitative estimate of drug-likeness (QED) is 0.118. The Bertz CT molecular complexity index is 1180. The Balaban J connectivity index is 2.44. The molecule has 0 saturated carbocycles. The molecule has 0 radical (unpaired) electrons. The summed E-state index contributed by atoms with van der Waals surface area (Å²) in [6, 6.07) is 0. The zero-order valence-corrected chi connectivity index (χ0v) is 27.9. The van der Waals surface area contributed by atoms with Gasteiger partial charge in [-0.2, -0.15) is 0 Å². The number of unbranched alkanes of at least 4 members (excludes halogenated alkanes) is 3. The number of carbonyl (C=O) groups excluding carboxylic acids is 1. The van der Waals surface area contributed by atoms with Crippen LogP contribution < -0.4 is 0 Å². The molecule has 0 saturated heterocycles. The number of aliphatic hydroxyl groups is 5. The molecular weight excluding hydrogens is 578 g/mol. The third kappa shape index (κ3) is 11.8. The highest BCUT2D eigenvalue weighted by atomic mass is 32.1. The van der Waals surface area contributed by atoms with Gasteiger partial charge in [-0.1, -0.05) is 82.1 Å². The van der Waals surface area contributed by atoms with Gasteiger partial charge in [-0.25, -0.2) is 9.78 Å². The van der Waals surface area contributed by atoms with Crippen molar-refractivity contribution < 1.29 is 35.1 Å². The van der Waals surface area contributed by atoms with Gasteiger partial charge in [0.15, 0.2) is 0 Å². The Morgan fingerprint density at radius 2 is 1.89 bits per heavy atom. The largest absolute Gasteiger partial charge is 0.456 e. The fourth-order valence-corrected chi connectivity index (χ4v) is 5.93. The van der Waals surface area contributed by atoms with Crippen LogP contribution in [0.1, 0.15) is 103 Å². The summed E-state index contributed by atoms with van der Waals surface area (Å²) in [6.45, 7) is 11.2. The first kappa shape index (κ1) is 37.8. The van der Waals surface area contributed by atoms with Crippen molar-refractivity contribution in [1.82, 2.24) is 4.98 Å². The van der Waals surface area contributed by atoms with Crippen LogP contribution in [-0.2, 0) is 9.53 Å². The topological polar surface area (TPSA) is 140 Å². The summed E-state index contributed by atoms with van der Waals surface area (Å²) in [7, 11) is 0. The summed E-state index contributed by atoms with van der Waals surface area (Å²) in [5, 5.41) is 57.0. The first-order valence-corrected chi connectivity index (χ1v) is 16.7. The Morgan fingerprint density at radius 3 is 2.57 bits per heavy atom. The molecule has 0 spiro atoms. The van der Waals surface area contributed by atoms with Gasteiger partial charge >= 0.3 is 5.97 Å². The normalized spacial score (nSPS) is 25.5. The second-order valence-corrected chi connectivity index (χ2v) is 12.8. The molecule has 1 aliphatic heterocycles. The number of ether oxygens (including phenoxy) is 1. The standard InChI is InChI=1S/C35H53NO7S/c1-7-9-10-12-15-26-19-27-21-44-34(36-27)24(5)29(38)20-28(37)16-13-11-14-17-30(43-35(26)42)33(41)32(40)25(6)31(39)23(4)18-22(3)8-2/h8,11,13-14,16,18-19,21,24-25,28-33,37-41H,7,9-10,12,15,17,20H2,1-6H3/t24-,25-,28-,29+,30+,31+,32-,33-/m1/s1. The molecule has 8 nitrogen and oxygen atoms in total. The Hall–Kier alpha value is -2.40. The number of fused-ring (bicyclic) bond motifs is 2. The van der Waals surface area contributed by atoms with E-state index in [1.807, 2.05) is 38.3 Å². The van der Waals surface area contributed by atoms with Gasteiger partial charge in [-0.15, -0.1) is 11.3 Å². The number of hydrogen-bond donors (Lipinski definition) is 5. The summed E-state index contributed by atoms with van der Waals surface area (Å²) in [5.74, 6) is -1.66. The number of cyclic esters (lactones) is 1. The molecule has 44 heavy (non-hydrogen) atoms. The number of nitrogens with zero attached hydrogens (tertiary/aromatic N) is 1. The number of thiazole rings is 1. The van der Waals surface area contributed by atoms with Crippen LogP contribution in [0.5, 0.6) is 0 Å². The number of aromatic nitrogens is 1. The molecule has 2 rings (SSSR count). The molecule has 1 aliphatic rings. The van der Waals surface area contributed by atoms with Crippen LogP contribution >= 0.6 is 11.3 Å². The molecule has 0 aromatic carbocycles. The first-order valence-electron chi connectivity index (χ1n) is 15.8. The van der Waals surface area contributed by atoms with E-state index >= 15 is 0 Å². The van der Waals surface area contributed by atoms with Crippen molar-refractivity contribution in [2.75, 3.05) is 0 Å². The zero-order chi connectivity index (χ0) is 32.8. The lowest BCUT2D eigenvalue weighted by Crippen LogP contribution is -2.46. The maximum atomic E-state index is 13.6. The van der Waals surface area contributed by atoms with Crippen molar-refractivity contribution in [1.29, 1.82) is 0 Å². The number of esters is 1. The van der Waals surface area contributed by atoms with Crippen LogP contribution in [-0.4, -0.2) is 73.1 Å². The number of carbonyl (C=O) groups is 1. The SMILES string of the molecule is CC=C(C)C=C(C)[C@H](O)[C@@H](C)[C@@H](O)[C@H](O)[C@@H]1CC=CC=C[C@@H](O)C[C@H](O)[C@@H](C)c2nc(cs2)C=C(CCCCCC)C(=O)O1. The molecular formula is C35H53NO7S. The van der Waals surface area contributed by atoms with E-state index in [9.17, 15) is 30.3 Å². The van der Waals surface area contributed by atoms with Gasteiger partial charge in [0.1, 0.15) is 12.2 Å². The van der Waals surface area contributed by atoms with E-state index in [2.05, 4.69) is 11.9 Å². The molecule has 246 valence electrons. The van der Waals surface area contributed by atoms with Crippen molar-refractivity contribution in [2.45, 2.75) is 129 Å². The fourth-order valence-electron chi connectivity index (χ4n) is 5.04. The van der Waals surface area contributed by atoms with Crippen molar-refractivity contribution >= 4 is 23.4 Å². The van der Waals surface area contributed by atoms with E-state index in [0.29, 0.717) is 28.3 Å². The van der Waals surface area contributed by atoms with Gasteiger partial charge in [-0.3, -0.25) is 0 Å². The average molecular weight is 632 g/mol. The average Bonchev–Trinajstić information content (AvgIpc) is 3.47. The third-order valence-electron chi connectivity index (χ3n) is 8.23. The van der Waals surface area contributed by atoms with Gasteiger partial charge < -0.3 is 30.3 Å². The van der Waals surface area contributed by atoms with Gasteiger partial charge in [0.25, 0.3) is 0 Å². The highest BCUT2D eigenvalue weighted by Crippen LogP contribution is 2.28. The first-order chi connectivity index (χ1) is 20.9. The lowest BCUT2D eigenvalue weighted by molar-refractivity contribution is -0.158. The summed E-state index contributed by atoms with van der Waals surface area (Å²) in [6.07, 6.45) is 9.78. The van der Waals surface area contributed by atoms with Crippen LogP contribution in [0.3, 0.4) is 0 Å². The van der Waals surface area contributed by atoms with Crippen molar-refractivity contribution in [3.8, 4) is 0 Å². The second kappa shape index (κ2) is 19.2. The summed E-state index contributed by atoms with van der Waals surface area (Å²) in [5.41, 5.74) is 2.59. The summed E-state index contributed by atoms with van der Waals surface area (Å²) in [4.78, 5) is 18.3. The Kier molecular flexibility index (Phi) is 16.5. The predicted molar refractivity (Wildman–Crippen MR) is 177 cm³/mol. The minimum absolute atomic E-state index is 0.0866. The molecule has 2 bridgehead atoms. The van der Waals surface area contributed by atoms with E-state index in [1.54, 1.807) is 44.2 Å². The molecule has 0 unspecified atom stereocenters. The molecule has 1 aromatic rings. The minimum Gasteiger partial charge on any atom is -0.456 e. The lowest BCUT2D eigenvalue weighted by atomic mass is 9.87. The van der Waals surface area contributed by atoms with E-state index in [-0.39, 0.29) is 18.8 Å². The number of aliphatic hydroxyl groups excluding tert-OH is 5. The van der Waals surface area contributed by atoms with Crippen molar-refractivity contribution in [3.05, 3.63) is 69.3 Å².